The Kier molecular flexibility index (Phi) is 6.41. The molecule has 8 heteroatoms. The second kappa shape index (κ2) is 8.75. The second-order valence-electron chi connectivity index (χ2n) is 5.69. The van der Waals surface area contributed by atoms with Gasteiger partial charge in [0, 0.05) is 59.8 Å². The van der Waals surface area contributed by atoms with E-state index in [2.05, 4.69) is 59.2 Å². The number of pyridine rings is 1. The summed E-state index contributed by atoms with van der Waals surface area (Å²) in [5, 5.41) is 4.38. The van der Waals surface area contributed by atoms with Gasteiger partial charge < -0.3 is 4.84 Å². The van der Waals surface area contributed by atoms with Gasteiger partial charge in [-0.05, 0) is 61.7 Å². The Labute approximate surface area is 163 Å². The molecule has 0 saturated carbocycles. The molecule has 0 radical (unpaired) electrons. The standard InChI is InChI=1S/C17H18Br2N4O2/c18-15-2-1-13(11-16(15)19)12-22-7-9-23(10-8-22)25-17(24)21-14-3-5-20-6-4-14/h1-6,11H,7-10,12H2,(H,20,21,24). The summed E-state index contributed by atoms with van der Waals surface area (Å²) in [7, 11) is 0. The molecule has 1 aliphatic rings. The first-order chi connectivity index (χ1) is 12.1. The van der Waals surface area contributed by atoms with Crippen molar-refractivity contribution in [2.24, 2.45) is 0 Å². The predicted molar refractivity (Wildman–Crippen MR) is 103 cm³/mol. The Morgan fingerprint density at radius 2 is 1.80 bits per heavy atom. The van der Waals surface area contributed by atoms with E-state index in [0.717, 1.165) is 28.6 Å². The number of carbonyl (C=O) groups is 1. The van der Waals surface area contributed by atoms with E-state index in [1.54, 1.807) is 29.6 Å². The molecular weight excluding hydrogens is 452 g/mol. The third-order valence-electron chi connectivity index (χ3n) is 3.86. The van der Waals surface area contributed by atoms with Crippen LogP contribution in [0.2, 0.25) is 0 Å². The summed E-state index contributed by atoms with van der Waals surface area (Å²) in [6.45, 7) is 3.93. The first-order valence-corrected chi connectivity index (χ1v) is 9.49. The average Bonchev–Trinajstić information content (AvgIpc) is 2.61. The van der Waals surface area contributed by atoms with E-state index < -0.39 is 6.09 Å². The third-order valence-corrected chi connectivity index (χ3v) is 5.74. The summed E-state index contributed by atoms with van der Waals surface area (Å²) in [6, 6.07) is 9.71. The van der Waals surface area contributed by atoms with Crippen molar-refractivity contribution in [2.75, 3.05) is 31.5 Å². The van der Waals surface area contributed by atoms with Crippen LogP contribution in [0.4, 0.5) is 10.5 Å². The van der Waals surface area contributed by atoms with Crippen molar-refractivity contribution < 1.29 is 9.63 Å². The van der Waals surface area contributed by atoms with Crippen molar-refractivity contribution in [3.63, 3.8) is 0 Å². The molecule has 2 aromatic rings. The van der Waals surface area contributed by atoms with Gasteiger partial charge in [-0.15, -0.1) is 5.06 Å². The molecule has 1 amide bonds. The lowest BCUT2D eigenvalue weighted by atomic mass is 10.2. The van der Waals surface area contributed by atoms with Gasteiger partial charge in [-0.2, -0.15) is 0 Å². The van der Waals surface area contributed by atoms with Gasteiger partial charge in [-0.3, -0.25) is 15.2 Å². The molecule has 0 atom stereocenters. The smallest absolute Gasteiger partial charge is 0.351 e. The maximum Gasteiger partial charge on any atom is 0.430 e. The van der Waals surface area contributed by atoms with Gasteiger partial charge in [0.15, 0.2) is 0 Å². The van der Waals surface area contributed by atoms with Gasteiger partial charge >= 0.3 is 6.09 Å². The molecular formula is C17H18Br2N4O2. The predicted octanol–water partition coefficient (Wildman–Crippen LogP) is 3.89. The maximum absolute atomic E-state index is 11.9. The monoisotopic (exact) mass is 468 g/mol. The van der Waals surface area contributed by atoms with Crippen molar-refractivity contribution in [1.82, 2.24) is 14.9 Å². The van der Waals surface area contributed by atoms with Gasteiger partial charge in [0.1, 0.15) is 0 Å². The Balaban J connectivity index is 1.43. The lowest BCUT2D eigenvalue weighted by molar-refractivity contribution is -0.119. The minimum Gasteiger partial charge on any atom is -0.351 e. The van der Waals surface area contributed by atoms with Crippen molar-refractivity contribution in [2.45, 2.75) is 6.54 Å². The van der Waals surface area contributed by atoms with E-state index in [0.29, 0.717) is 18.8 Å². The highest BCUT2D eigenvalue weighted by molar-refractivity contribution is 9.13. The number of hydrogen-bond acceptors (Lipinski definition) is 5. The normalized spacial score (nSPS) is 15.8. The van der Waals surface area contributed by atoms with E-state index in [4.69, 9.17) is 4.84 Å². The highest BCUT2D eigenvalue weighted by Crippen LogP contribution is 2.24. The molecule has 6 nitrogen and oxygen atoms in total. The Bertz CT molecular complexity index is 722. The SMILES string of the molecule is O=C(Nc1ccncc1)ON1CCN(Cc2ccc(Br)c(Br)c2)CC1. The van der Waals surface area contributed by atoms with Crippen LogP contribution in [0.25, 0.3) is 0 Å². The molecule has 1 aromatic carbocycles. The summed E-state index contributed by atoms with van der Waals surface area (Å²) in [4.78, 5) is 23.5. The zero-order chi connectivity index (χ0) is 17.6. The molecule has 3 rings (SSSR count). The van der Waals surface area contributed by atoms with Gasteiger partial charge in [0.05, 0.1) is 0 Å². The van der Waals surface area contributed by atoms with Crippen LogP contribution in [-0.2, 0) is 11.4 Å². The number of rotatable bonds is 4. The molecule has 1 fully saturated rings. The molecule has 1 N–H and O–H groups in total. The van der Waals surface area contributed by atoms with Gasteiger partial charge in [-0.1, -0.05) is 6.07 Å². The largest absolute Gasteiger partial charge is 0.430 e. The molecule has 0 bridgehead atoms. The Hall–Kier alpha value is -1.48. The third kappa shape index (κ3) is 5.50. The number of hydroxylamine groups is 2. The number of hydrogen-bond donors (Lipinski definition) is 1. The fourth-order valence-corrected chi connectivity index (χ4v) is 3.24. The minimum absolute atomic E-state index is 0.475. The first-order valence-electron chi connectivity index (χ1n) is 7.90. The summed E-state index contributed by atoms with van der Waals surface area (Å²) in [5.74, 6) is 0. The fraction of sp³-hybridized carbons (Fsp3) is 0.294. The highest BCUT2D eigenvalue weighted by Gasteiger charge is 2.20. The van der Waals surface area contributed by atoms with E-state index in [1.165, 1.54) is 5.56 Å². The van der Waals surface area contributed by atoms with E-state index >= 15 is 0 Å². The molecule has 0 spiro atoms. The van der Waals surface area contributed by atoms with Crippen molar-refractivity contribution in [3.05, 3.63) is 57.2 Å². The van der Waals surface area contributed by atoms with Gasteiger partial charge in [0.2, 0.25) is 0 Å². The van der Waals surface area contributed by atoms with Crippen LogP contribution in [0.15, 0.2) is 51.7 Å². The zero-order valence-electron chi connectivity index (χ0n) is 13.5. The lowest BCUT2D eigenvalue weighted by Crippen LogP contribution is -2.46. The highest BCUT2D eigenvalue weighted by atomic mass is 79.9. The molecule has 132 valence electrons. The summed E-state index contributed by atoms with van der Waals surface area (Å²) < 4.78 is 2.11. The van der Waals surface area contributed by atoms with Crippen LogP contribution in [-0.4, -0.2) is 47.2 Å². The van der Waals surface area contributed by atoms with Gasteiger partial charge in [0.25, 0.3) is 0 Å². The number of nitrogens with one attached hydrogen (secondary N) is 1. The molecule has 2 heterocycles. The van der Waals surface area contributed by atoms with E-state index in [-0.39, 0.29) is 0 Å². The van der Waals surface area contributed by atoms with Crippen LogP contribution in [0.5, 0.6) is 0 Å². The topological polar surface area (TPSA) is 57.7 Å². The Morgan fingerprint density at radius 3 is 2.48 bits per heavy atom. The van der Waals surface area contributed by atoms with Crippen molar-refractivity contribution >= 4 is 43.6 Å². The zero-order valence-corrected chi connectivity index (χ0v) is 16.7. The van der Waals surface area contributed by atoms with Crippen LogP contribution < -0.4 is 5.32 Å². The number of halogens is 2. The van der Waals surface area contributed by atoms with E-state index in [1.807, 2.05) is 6.07 Å². The summed E-state index contributed by atoms with van der Waals surface area (Å²) in [6.07, 6.45) is 2.76. The molecule has 25 heavy (non-hydrogen) atoms. The van der Waals surface area contributed by atoms with Crippen LogP contribution in [0.3, 0.4) is 0 Å². The van der Waals surface area contributed by atoms with Crippen molar-refractivity contribution in [3.8, 4) is 0 Å². The summed E-state index contributed by atoms with van der Waals surface area (Å²) >= 11 is 7.02. The number of benzene rings is 1. The Morgan fingerprint density at radius 1 is 1.08 bits per heavy atom. The quantitative estimate of drug-likeness (QED) is 0.736. The lowest BCUT2D eigenvalue weighted by Gasteiger charge is -2.33. The van der Waals surface area contributed by atoms with Crippen LogP contribution in [0.1, 0.15) is 5.56 Å². The molecule has 0 aliphatic carbocycles. The number of aromatic nitrogens is 1. The molecule has 1 aliphatic heterocycles. The fourth-order valence-electron chi connectivity index (χ4n) is 2.57. The second-order valence-corrected chi connectivity index (χ2v) is 7.40. The number of carbonyl (C=O) groups excluding carboxylic acids is 1. The maximum atomic E-state index is 11.9. The first kappa shape index (κ1) is 18.3. The number of anilines is 1. The number of piperazine rings is 1. The van der Waals surface area contributed by atoms with Crippen molar-refractivity contribution in [1.29, 1.82) is 0 Å². The number of amides is 1. The molecule has 1 aromatic heterocycles. The molecule has 1 saturated heterocycles. The van der Waals surface area contributed by atoms with Crippen LogP contribution >= 0.6 is 31.9 Å². The summed E-state index contributed by atoms with van der Waals surface area (Å²) in [5.41, 5.74) is 1.92. The molecule has 0 unspecified atom stereocenters. The van der Waals surface area contributed by atoms with E-state index in [9.17, 15) is 4.79 Å². The average molecular weight is 470 g/mol. The number of nitrogens with zero attached hydrogens (tertiary/aromatic N) is 3. The minimum atomic E-state index is -0.475. The van der Waals surface area contributed by atoms with Crippen LogP contribution in [0, 0.1) is 0 Å². The van der Waals surface area contributed by atoms with Gasteiger partial charge in [-0.25, -0.2) is 4.79 Å².